The Morgan fingerprint density at radius 3 is 2.76 bits per heavy atom. The van der Waals surface area contributed by atoms with Crippen molar-refractivity contribution in [3.05, 3.63) is 28.5 Å². The Labute approximate surface area is 113 Å². The molecule has 1 aromatic rings. The Bertz CT molecular complexity index is 445. The molecule has 1 aromatic heterocycles. The van der Waals surface area contributed by atoms with Crippen molar-refractivity contribution in [1.29, 1.82) is 0 Å². The third kappa shape index (κ3) is 3.23. The zero-order valence-corrected chi connectivity index (χ0v) is 11.4. The van der Waals surface area contributed by atoms with Crippen molar-refractivity contribution in [2.75, 3.05) is 0 Å². The SMILES string of the molecule is NC(=S)C(NC(=O)c1ccc(Br)cn1)C1CC1. The Balaban J connectivity index is 2.04. The van der Waals surface area contributed by atoms with Gasteiger partial charge in [-0.1, -0.05) is 12.2 Å². The van der Waals surface area contributed by atoms with Gasteiger partial charge in [0, 0.05) is 10.7 Å². The molecule has 90 valence electrons. The lowest BCUT2D eigenvalue weighted by Gasteiger charge is -2.16. The molecule has 6 heteroatoms. The number of pyridine rings is 1. The van der Waals surface area contributed by atoms with Gasteiger partial charge in [0.1, 0.15) is 5.69 Å². The molecule has 1 fully saturated rings. The van der Waals surface area contributed by atoms with E-state index in [4.69, 9.17) is 18.0 Å². The smallest absolute Gasteiger partial charge is 0.270 e. The van der Waals surface area contributed by atoms with E-state index in [1.165, 1.54) is 0 Å². The quantitative estimate of drug-likeness (QED) is 0.829. The second-order valence-corrected chi connectivity index (χ2v) is 5.44. The summed E-state index contributed by atoms with van der Waals surface area (Å²) in [7, 11) is 0. The molecule has 1 atom stereocenters. The summed E-state index contributed by atoms with van der Waals surface area (Å²) in [4.78, 5) is 16.3. The third-order valence-corrected chi connectivity index (χ3v) is 3.37. The van der Waals surface area contributed by atoms with Crippen molar-refractivity contribution < 1.29 is 4.79 Å². The molecule has 0 aromatic carbocycles. The van der Waals surface area contributed by atoms with Crippen LogP contribution in [-0.2, 0) is 0 Å². The van der Waals surface area contributed by atoms with Gasteiger partial charge < -0.3 is 11.1 Å². The lowest BCUT2D eigenvalue weighted by molar-refractivity contribution is 0.0939. The van der Waals surface area contributed by atoms with Crippen molar-refractivity contribution in [2.24, 2.45) is 11.7 Å². The first-order valence-electron chi connectivity index (χ1n) is 5.29. The third-order valence-electron chi connectivity index (χ3n) is 2.65. The molecular weight excluding hydrogens is 302 g/mol. The number of hydrogen-bond donors (Lipinski definition) is 2. The van der Waals surface area contributed by atoms with Crippen LogP contribution >= 0.6 is 28.1 Å². The molecule has 1 aliphatic carbocycles. The van der Waals surface area contributed by atoms with Gasteiger partial charge in [-0.05, 0) is 46.8 Å². The van der Waals surface area contributed by atoms with E-state index in [2.05, 4.69) is 26.2 Å². The summed E-state index contributed by atoms with van der Waals surface area (Å²) < 4.78 is 0.835. The van der Waals surface area contributed by atoms with Gasteiger partial charge in [0.05, 0.1) is 11.0 Å². The summed E-state index contributed by atoms with van der Waals surface area (Å²) in [5.74, 6) is 0.161. The van der Waals surface area contributed by atoms with Crippen molar-refractivity contribution in [3.63, 3.8) is 0 Å². The Kier molecular flexibility index (Phi) is 3.73. The predicted molar refractivity (Wildman–Crippen MR) is 72.7 cm³/mol. The second-order valence-electron chi connectivity index (χ2n) is 4.05. The Morgan fingerprint density at radius 2 is 2.29 bits per heavy atom. The summed E-state index contributed by atoms with van der Waals surface area (Å²) >= 11 is 8.22. The van der Waals surface area contributed by atoms with Crippen LogP contribution in [0.5, 0.6) is 0 Å². The normalized spacial score (nSPS) is 16.3. The van der Waals surface area contributed by atoms with E-state index >= 15 is 0 Å². The highest BCUT2D eigenvalue weighted by Gasteiger charge is 2.34. The summed E-state index contributed by atoms with van der Waals surface area (Å²) in [6, 6.07) is 3.22. The summed E-state index contributed by atoms with van der Waals surface area (Å²) in [5, 5.41) is 2.83. The van der Waals surface area contributed by atoms with Gasteiger partial charge in [-0.25, -0.2) is 4.98 Å². The molecule has 1 amide bonds. The van der Waals surface area contributed by atoms with Crippen LogP contribution < -0.4 is 11.1 Å². The molecule has 0 bridgehead atoms. The van der Waals surface area contributed by atoms with E-state index in [9.17, 15) is 4.79 Å². The molecule has 1 unspecified atom stereocenters. The van der Waals surface area contributed by atoms with Gasteiger partial charge in [0.2, 0.25) is 0 Å². The zero-order chi connectivity index (χ0) is 12.4. The number of carbonyl (C=O) groups excluding carboxylic acids is 1. The number of halogens is 1. The van der Waals surface area contributed by atoms with Crippen molar-refractivity contribution >= 4 is 39.0 Å². The lowest BCUT2D eigenvalue weighted by Crippen LogP contribution is -2.45. The molecule has 0 aliphatic heterocycles. The maximum absolute atomic E-state index is 11.9. The number of aromatic nitrogens is 1. The van der Waals surface area contributed by atoms with E-state index in [1.54, 1.807) is 18.3 Å². The Hall–Kier alpha value is -1.01. The fourth-order valence-electron chi connectivity index (χ4n) is 1.58. The standard InChI is InChI=1S/C11H12BrN3OS/c12-7-3-4-8(14-5-7)11(16)15-9(10(13)17)6-1-2-6/h3-6,9H,1-2H2,(H2,13,17)(H,15,16). The van der Waals surface area contributed by atoms with Crippen LogP contribution in [0.2, 0.25) is 0 Å². The van der Waals surface area contributed by atoms with Gasteiger partial charge in [0.25, 0.3) is 5.91 Å². The molecule has 17 heavy (non-hydrogen) atoms. The van der Waals surface area contributed by atoms with Gasteiger partial charge in [-0.3, -0.25) is 4.79 Å². The van der Waals surface area contributed by atoms with E-state index in [0.717, 1.165) is 17.3 Å². The number of hydrogen-bond acceptors (Lipinski definition) is 3. The topological polar surface area (TPSA) is 68.0 Å². The molecule has 2 rings (SSSR count). The molecule has 4 nitrogen and oxygen atoms in total. The fourth-order valence-corrected chi connectivity index (χ4v) is 2.06. The maximum Gasteiger partial charge on any atom is 0.270 e. The minimum Gasteiger partial charge on any atom is -0.392 e. The largest absolute Gasteiger partial charge is 0.392 e. The monoisotopic (exact) mass is 313 g/mol. The number of carbonyl (C=O) groups is 1. The molecule has 0 spiro atoms. The minimum absolute atomic E-state index is 0.206. The van der Waals surface area contributed by atoms with Crippen LogP contribution in [0.3, 0.4) is 0 Å². The predicted octanol–water partition coefficient (Wildman–Crippen LogP) is 1.64. The number of nitrogens with zero attached hydrogens (tertiary/aromatic N) is 1. The van der Waals surface area contributed by atoms with E-state index in [1.807, 2.05) is 0 Å². The average molecular weight is 314 g/mol. The first-order valence-corrected chi connectivity index (χ1v) is 6.50. The first kappa shape index (κ1) is 12.4. The number of rotatable bonds is 4. The van der Waals surface area contributed by atoms with Gasteiger partial charge in [0.15, 0.2) is 0 Å². The van der Waals surface area contributed by atoms with Gasteiger partial charge in [-0.2, -0.15) is 0 Å². The van der Waals surface area contributed by atoms with Crippen molar-refractivity contribution in [3.8, 4) is 0 Å². The summed E-state index contributed by atoms with van der Waals surface area (Å²) in [6.07, 6.45) is 3.72. The Morgan fingerprint density at radius 1 is 1.59 bits per heavy atom. The highest BCUT2D eigenvalue weighted by molar-refractivity contribution is 9.10. The summed E-state index contributed by atoms with van der Waals surface area (Å²) in [6.45, 7) is 0. The van der Waals surface area contributed by atoms with E-state index in [0.29, 0.717) is 16.6 Å². The molecule has 1 heterocycles. The summed E-state index contributed by atoms with van der Waals surface area (Å²) in [5.41, 5.74) is 5.99. The van der Waals surface area contributed by atoms with Crippen molar-refractivity contribution in [1.82, 2.24) is 10.3 Å². The van der Waals surface area contributed by atoms with E-state index < -0.39 is 0 Å². The van der Waals surface area contributed by atoms with Crippen LogP contribution in [0.15, 0.2) is 22.8 Å². The molecular formula is C11H12BrN3OS. The molecule has 3 N–H and O–H groups in total. The minimum atomic E-state index is -0.234. The fraction of sp³-hybridized carbons (Fsp3) is 0.364. The molecule has 0 saturated heterocycles. The number of nitrogens with one attached hydrogen (secondary N) is 1. The number of nitrogens with two attached hydrogens (primary N) is 1. The number of amides is 1. The molecule has 1 saturated carbocycles. The maximum atomic E-state index is 11.9. The van der Waals surface area contributed by atoms with Gasteiger partial charge in [-0.15, -0.1) is 0 Å². The van der Waals surface area contributed by atoms with Crippen LogP contribution in [0.25, 0.3) is 0 Å². The van der Waals surface area contributed by atoms with Crippen LogP contribution in [0, 0.1) is 5.92 Å². The highest BCUT2D eigenvalue weighted by atomic mass is 79.9. The van der Waals surface area contributed by atoms with Crippen LogP contribution in [0.1, 0.15) is 23.3 Å². The van der Waals surface area contributed by atoms with Crippen LogP contribution in [0.4, 0.5) is 0 Å². The lowest BCUT2D eigenvalue weighted by atomic mass is 10.2. The number of thiocarbonyl (C=S) groups is 1. The first-order chi connectivity index (χ1) is 8.08. The zero-order valence-electron chi connectivity index (χ0n) is 9.02. The molecule has 0 radical (unpaired) electrons. The van der Waals surface area contributed by atoms with Crippen molar-refractivity contribution in [2.45, 2.75) is 18.9 Å². The highest BCUT2D eigenvalue weighted by Crippen LogP contribution is 2.32. The van der Waals surface area contributed by atoms with E-state index in [-0.39, 0.29) is 11.9 Å². The average Bonchev–Trinajstić information content (AvgIpc) is 3.10. The molecule has 1 aliphatic rings. The van der Waals surface area contributed by atoms with Crippen LogP contribution in [-0.4, -0.2) is 21.9 Å². The second kappa shape index (κ2) is 5.10. The van der Waals surface area contributed by atoms with Gasteiger partial charge >= 0.3 is 0 Å².